The molecule has 0 spiro atoms. The average molecular weight is 413 g/mol. The number of nitrogens with two attached hydrogens (primary N) is 1. The van der Waals surface area contributed by atoms with E-state index in [4.69, 9.17) is 10.7 Å². The first-order valence-corrected chi connectivity index (χ1v) is 9.03. The Labute approximate surface area is 144 Å². The molecule has 0 saturated heterocycles. The van der Waals surface area contributed by atoms with Crippen LogP contribution in [0.1, 0.15) is 30.9 Å². The molecule has 0 atom stereocenters. The predicted octanol–water partition coefficient (Wildman–Crippen LogP) is 4.46. The normalized spacial score (nSPS) is 11.1. The summed E-state index contributed by atoms with van der Waals surface area (Å²) < 4.78 is 0.992. The Morgan fingerprint density at radius 2 is 1.95 bits per heavy atom. The number of nitrogen functional groups attached to an aromatic ring is 1. The van der Waals surface area contributed by atoms with Gasteiger partial charge in [-0.3, -0.25) is 0 Å². The number of aryl methyl sites for hydroxylation is 1. The SMILES string of the molecule is Cc1ccccc1SCc1nc(N)c(I)c(CC(C)C)n1. The van der Waals surface area contributed by atoms with E-state index in [-0.39, 0.29) is 0 Å². The number of nitrogens with zero attached hydrogens (tertiary/aromatic N) is 2. The summed E-state index contributed by atoms with van der Waals surface area (Å²) >= 11 is 4.00. The molecule has 0 unspecified atom stereocenters. The van der Waals surface area contributed by atoms with E-state index < -0.39 is 0 Å². The highest BCUT2D eigenvalue weighted by molar-refractivity contribution is 14.1. The minimum atomic E-state index is 0.560. The maximum Gasteiger partial charge on any atom is 0.141 e. The number of anilines is 1. The Balaban J connectivity index is 2.17. The van der Waals surface area contributed by atoms with Crippen molar-refractivity contribution < 1.29 is 0 Å². The molecule has 0 aliphatic rings. The Morgan fingerprint density at radius 3 is 2.62 bits per heavy atom. The molecule has 0 aliphatic carbocycles. The number of thioether (sulfide) groups is 1. The van der Waals surface area contributed by atoms with E-state index in [0.717, 1.165) is 27.3 Å². The van der Waals surface area contributed by atoms with Crippen LogP contribution in [0.4, 0.5) is 5.82 Å². The summed E-state index contributed by atoms with van der Waals surface area (Å²) in [5, 5.41) is 0. The van der Waals surface area contributed by atoms with Crippen LogP contribution >= 0.6 is 34.4 Å². The van der Waals surface area contributed by atoms with E-state index in [9.17, 15) is 0 Å². The van der Waals surface area contributed by atoms with Crippen molar-refractivity contribution in [3.05, 3.63) is 44.9 Å². The lowest BCUT2D eigenvalue weighted by atomic mass is 10.1. The summed E-state index contributed by atoms with van der Waals surface area (Å²) in [6.07, 6.45) is 0.938. The summed E-state index contributed by atoms with van der Waals surface area (Å²) in [6.45, 7) is 6.50. The van der Waals surface area contributed by atoms with Gasteiger partial charge < -0.3 is 5.73 Å². The van der Waals surface area contributed by atoms with Gasteiger partial charge >= 0.3 is 0 Å². The lowest BCUT2D eigenvalue weighted by Crippen LogP contribution is -2.09. The van der Waals surface area contributed by atoms with Crippen LogP contribution in [-0.2, 0) is 12.2 Å². The maximum absolute atomic E-state index is 6.03. The van der Waals surface area contributed by atoms with Gasteiger partial charge in [0.15, 0.2) is 0 Å². The predicted molar refractivity (Wildman–Crippen MR) is 98.4 cm³/mol. The van der Waals surface area contributed by atoms with Crippen LogP contribution < -0.4 is 5.73 Å². The van der Waals surface area contributed by atoms with Crippen molar-refractivity contribution >= 4 is 40.2 Å². The maximum atomic E-state index is 6.03. The summed E-state index contributed by atoms with van der Waals surface area (Å²) in [6, 6.07) is 8.36. The molecule has 2 N–H and O–H groups in total. The third kappa shape index (κ3) is 4.57. The smallest absolute Gasteiger partial charge is 0.141 e. The topological polar surface area (TPSA) is 51.8 Å². The van der Waals surface area contributed by atoms with Gasteiger partial charge in [0, 0.05) is 4.90 Å². The van der Waals surface area contributed by atoms with Crippen LogP contribution in [0.25, 0.3) is 0 Å². The molecule has 0 aliphatic heterocycles. The van der Waals surface area contributed by atoms with Crippen LogP contribution in [-0.4, -0.2) is 9.97 Å². The highest BCUT2D eigenvalue weighted by Crippen LogP contribution is 2.26. The van der Waals surface area contributed by atoms with Crippen molar-refractivity contribution in [2.75, 3.05) is 5.73 Å². The molecule has 1 heterocycles. The van der Waals surface area contributed by atoms with E-state index in [1.165, 1.54) is 10.5 Å². The van der Waals surface area contributed by atoms with Crippen LogP contribution in [0.2, 0.25) is 0 Å². The standard InChI is InChI=1S/C16H20IN3S/c1-10(2)8-12-15(17)16(18)20-14(19-12)9-21-13-7-5-4-6-11(13)3/h4-7,10H,8-9H2,1-3H3,(H2,18,19,20). The Kier molecular flexibility index (Phi) is 5.87. The minimum absolute atomic E-state index is 0.560. The number of hydrogen-bond donors (Lipinski definition) is 1. The van der Waals surface area contributed by atoms with E-state index >= 15 is 0 Å². The van der Waals surface area contributed by atoms with Crippen LogP contribution in [0.5, 0.6) is 0 Å². The quantitative estimate of drug-likeness (QED) is 0.581. The van der Waals surface area contributed by atoms with Gasteiger partial charge in [-0.1, -0.05) is 32.0 Å². The van der Waals surface area contributed by atoms with Crippen LogP contribution in [0.3, 0.4) is 0 Å². The third-order valence-electron chi connectivity index (χ3n) is 3.04. The molecule has 0 amide bonds. The van der Waals surface area contributed by atoms with Gasteiger partial charge in [-0.05, 0) is 53.5 Å². The molecule has 0 saturated carbocycles. The van der Waals surface area contributed by atoms with Crippen molar-refractivity contribution in [3.8, 4) is 0 Å². The Hall–Kier alpha value is -0.820. The number of halogens is 1. The molecule has 5 heteroatoms. The summed E-state index contributed by atoms with van der Waals surface area (Å²) in [7, 11) is 0. The molecule has 0 fully saturated rings. The van der Waals surface area contributed by atoms with Crippen molar-refractivity contribution in [1.82, 2.24) is 9.97 Å². The summed E-state index contributed by atoms with van der Waals surface area (Å²) in [5.41, 5.74) is 8.38. The van der Waals surface area contributed by atoms with Gasteiger partial charge in [-0.15, -0.1) is 11.8 Å². The Bertz CT molecular complexity index is 629. The fourth-order valence-electron chi connectivity index (χ4n) is 2.01. The fourth-order valence-corrected chi connectivity index (χ4v) is 3.36. The van der Waals surface area contributed by atoms with E-state index in [1.807, 2.05) is 0 Å². The molecule has 1 aromatic carbocycles. The lowest BCUT2D eigenvalue weighted by Gasteiger charge is -2.11. The van der Waals surface area contributed by atoms with Crippen molar-refractivity contribution in [1.29, 1.82) is 0 Å². The van der Waals surface area contributed by atoms with Gasteiger partial charge in [0.2, 0.25) is 0 Å². The van der Waals surface area contributed by atoms with Gasteiger partial charge in [0.1, 0.15) is 11.6 Å². The van der Waals surface area contributed by atoms with Crippen LogP contribution in [0, 0.1) is 16.4 Å². The molecule has 2 rings (SSSR count). The highest BCUT2D eigenvalue weighted by Gasteiger charge is 2.12. The molecule has 21 heavy (non-hydrogen) atoms. The molecular formula is C16H20IN3S. The molecule has 1 aromatic heterocycles. The van der Waals surface area contributed by atoms with Crippen molar-refractivity contribution in [2.45, 2.75) is 37.8 Å². The van der Waals surface area contributed by atoms with E-state index in [2.05, 4.69) is 72.6 Å². The van der Waals surface area contributed by atoms with E-state index in [1.54, 1.807) is 11.8 Å². The zero-order valence-corrected chi connectivity index (χ0v) is 15.5. The van der Waals surface area contributed by atoms with Gasteiger partial charge in [0.25, 0.3) is 0 Å². The van der Waals surface area contributed by atoms with Gasteiger partial charge in [0.05, 0.1) is 15.0 Å². The highest BCUT2D eigenvalue weighted by atomic mass is 127. The second-order valence-electron chi connectivity index (χ2n) is 5.44. The van der Waals surface area contributed by atoms with Crippen LogP contribution in [0.15, 0.2) is 29.2 Å². The minimum Gasteiger partial charge on any atom is -0.383 e. The first kappa shape index (κ1) is 16.5. The first-order valence-electron chi connectivity index (χ1n) is 6.96. The number of aromatic nitrogens is 2. The van der Waals surface area contributed by atoms with Gasteiger partial charge in [-0.25, -0.2) is 9.97 Å². The van der Waals surface area contributed by atoms with Crippen molar-refractivity contribution in [3.63, 3.8) is 0 Å². The second kappa shape index (κ2) is 7.45. The van der Waals surface area contributed by atoms with Gasteiger partial charge in [-0.2, -0.15) is 0 Å². The molecule has 2 aromatic rings. The van der Waals surface area contributed by atoms with Crippen molar-refractivity contribution in [2.24, 2.45) is 5.92 Å². The zero-order valence-electron chi connectivity index (χ0n) is 12.6. The summed E-state index contributed by atoms with van der Waals surface area (Å²) in [4.78, 5) is 10.4. The third-order valence-corrected chi connectivity index (χ3v) is 5.39. The molecule has 112 valence electrons. The molecular weight excluding hydrogens is 393 g/mol. The Morgan fingerprint density at radius 1 is 1.24 bits per heavy atom. The number of benzene rings is 1. The molecule has 0 radical (unpaired) electrons. The lowest BCUT2D eigenvalue weighted by molar-refractivity contribution is 0.629. The summed E-state index contributed by atoms with van der Waals surface area (Å²) in [5.74, 6) is 2.72. The largest absolute Gasteiger partial charge is 0.383 e. The monoisotopic (exact) mass is 413 g/mol. The molecule has 0 bridgehead atoms. The first-order chi connectivity index (χ1) is 9.97. The van der Waals surface area contributed by atoms with E-state index in [0.29, 0.717) is 11.7 Å². The molecule has 3 nitrogen and oxygen atoms in total. The second-order valence-corrected chi connectivity index (χ2v) is 7.53. The number of hydrogen-bond acceptors (Lipinski definition) is 4. The average Bonchev–Trinajstić information content (AvgIpc) is 2.42. The fraction of sp³-hybridized carbons (Fsp3) is 0.375. The zero-order chi connectivity index (χ0) is 15.4. The number of rotatable bonds is 5.